The van der Waals surface area contributed by atoms with Gasteiger partial charge in [-0.25, -0.2) is 4.98 Å². The third-order valence-corrected chi connectivity index (χ3v) is 3.33. The first-order chi connectivity index (χ1) is 7.74. The van der Waals surface area contributed by atoms with Gasteiger partial charge in [0.1, 0.15) is 5.82 Å². The van der Waals surface area contributed by atoms with E-state index in [0.29, 0.717) is 6.04 Å². The number of nitrogens with one attached hydrogen (secondary N) is 1. The Bertz CT molecular complexity index is 525. The number of hydrogen-bond donors (Lipinski definition) is 1. The molecule has 0 aromatic carbocycles. The van der Waals surface area contributed by atoms with Crippen LogP contribution in [0, 0.1) is 6.92 Å². The van der Waals surface area contributed by atoms with E-state index in [-0.39, 0.29) is 0 Å². The highest BCUT2D eigenvalue weighted by Crippen LogP contribution is 2.24. The quantitative estimate of drug-likeness (QED) is 0.837. The fourth-order valence-electron chi connectivity index (χ4n) is 2.15. The van der Waals surface area contributed by atoms with Gasteiger partial charge in [-0.2, -0.15) is 5.10 Å². The second-order valence-electron chi connectivity index (χ2n) is 4.55. The molecule has 84 valence electrons. The molecule has 0 radical (unpaired) electrons. The van der Waals surface area contributed by atoms with Crippen LogP contribution in [-0.2, 0) is 7.05 Å². The SMILES string of the molecule is Cc1nn(C)c2nc(NC3CCC3)ccc12. The molecule has 4 heteroatoms. The summed E-state index contributed by atoms with van der Waals surface area (Å²) in [6, 6.07) is 4.78. The van der Waals surface area contributed by atoms with Crippen molar-refractivity contribution < 1.29 is 0 Å². The van der Waals surface area contributed by atoms with Gasteiger partial charge in [0.15, 0.2) is 5.65 Å². The molecule has 0 unspecified atom stereocenters. The minimum absolute atomic E-state index is 0.624. The number of aryl methyl sites for hydroxylation is 2. The Morgan fingerprint density at radius 2 is 2.19 bits per heavy atom. The van der Waals surface area contributed by atoms with Gasteiger partial charge in [-0.3, -0.25) is 4.68 Å². The predicted octanol–water partition coefficient (Wildman–Crippen LogP) is 2.24. The molecule has 1 N–H and O–H groups in total. The summed E-state index contributed by atoms with van der Waals surface area (Å²) in [5.41, 5.74) is 2.00. The lowest BCUT2D eigenvalue weighted by Crippen LogP contribution is -2.27. The van der Waals surface area contributed by atoms with Gasteiger partial charge in [0, 0.05) is 18.5 Å². The van der Waals surface area contributed by atoms with Crippen molar-refractivity contribution in [1.82, 2.24) is 14.8 Å². The van der Waals surface area contributed by atoms with E-state index in [0.717, 1.165) is 22.5 Å². The molecule has 3 rings (SSSR count). The van der Waals surface area contributed by atoms with Crippen molar-refractivity contribution in [3.05, 3.63) is 17.8 Å². The highest BCUT2D eigenvalue weighted by atomic mass is 15.3. The minimum Gasteiger partial charge on any atom is -0.367 e. The molecule has 0 atom stereocenters. The number of rotatable bonds is 2. The van der Waals surface area contributed by atoms with Gasteiger partial charge in [-0.1, -0.05) is 0 Å². The monoisotopic (exact) mass is 216 g/mol. The first-order valence-electron chi connectivity index (χ1n) is 5.81. The summed E-state index contributed by atoms with van der Waals surface area (Å²) in [5, 5.41) is 8.97. The van der Waals surface area contributed by atoms with E-state index in [1.54, 1.807) is 0 Å². The molecule has 0 aliphatic heterocycles. The molecule has 0 amide bonds. The highest BCUT2D eigenvalue weighted by Gasteiger charge is 2.17. The molecule has 0 bridgehead atoms. The topological polar surface area (TPSA) is 42.7 Å². The molecule has 1 aliphatic rings. The standard InChI is InChI=1S/C12H16N4/c1-8-10-6-7-11(13-9-4-3-5-9)14-12(10)16(2)15-8/h6-7,9H,3-5H2,1-2H3,(H,13,14). The summed E-state index contributed by atoms with van der Waals surface area (Å²) in [6.07, 6.45) is 3.87. The van der Waals surface area contributed by atoms with Crippen LogP contribution in [0.3, 0.4) is 0 Å². The Kier molecular flexibility index (Phi) is 2.09. The van der Waals surface area contributed by atoms with E-state index >= 15 is 0 Å². The van der Waals surface area contributed by atoms with Crippen LogP contribution in [0.15, 0.2) is 12.1 Å². The molecule has 2 aromatic rings. The first-order valence-corrected chi connectivity index (χ1v) is 5.81. The molecule has 16 heavy (non-hydrogen) atoms. The average molecular weight is 216 g/mol. The molecular weight excluding hydrogens is 200 g/mol. The van der Waals surface area contributed by atoms with Crippen molar-refractivity contribution in [3.8, 4) is 0 Å². The van der Waals surface area contributed by atoms with Crippen molar-refractivity contribution in [2.45, 2.75) is 32.2 Å². The van der Waals surface area contributed by atoms with E-state index in [1.807, 2.05) is 18.7 Å². The lowest BCUT2D eigenvalue weighted by molar-refractivity contribution is 0.444. The average Bonchev–Trinajstić information content (AvgIpc) is 2.49. The highest BCUT2D eigenvalue weighted by molar-refractivity contribution is 5.79. The summed E-state index contributed by atoms with van der Waals surface area (Å²) in [7, 11) is 1.94. The van der Waals surface area contributed by atoms with E-state index in [1.165, 1.54) is 19.3 Å². The van der Waals surface area contributed by atoms with E-state index in [9.17, 15) is 0 Å². The van der Waals surface area contributed by atoms with Gasteiger partial charge in [0.05, 0.1) is 5.69 Å². The Morgan fingerprint density at radius 1 is 1.38 bits per heavy atom. The Morgan fingerprint density at radius 3 is 2.88 bits per heavy atom. The molecule has 1 saturated carbocycles. The van der Waals surface area contributed by atoms with Crippen molar-refractivity contribution in [2.75, 3.05) is 5.32 Å². The van der Waals surface area contributed by atoms with E-state index in [4.69, 9.17) is 0 Å². The molecule has 1 aliphatic carbocycles. The lowest BCUT2D eigenvalue weighted by atomic mass is 9.93. The summed E-state index contributed by atoms with van der Waals surface area (Å²) < 4.78 is 1.84. The predicted molar refractivity (Wildman–Crippen MR) is 64.5 cm³/mol. The van der Waals surface area contributed by atoms with Crippen molar-refractivity contribution in [3.63, 3.8) is 0 Å². The van der Waals surface area contributed by atoms with Crippen LogP contribution in [0.25, 0.3) is 11.0 Å². The second-order valence-corrected chi connectivity index (χ2v) is 4.55. The maximum absolute atomic E-state index is 4.61. The zero-order valence-corrected chi connectivity index (χ0v) is 9.70. The fraction of sp³-hybridized carbons (Fsp3) is 0.500. The second kappa shape index (κ2) is 3.47. The van der Waals surface area contributed by atoms with Crippen LogP contribution in [0.2, 0.25) is 0 Å². The van der Waals surface area contributed by atoms with Gasteiger partial charge >= 0.3 is 0 Å². The molecule has 0 saturated heterocycles. The lowest BCUT2D eigenvalue weighted by Gasteiger charge is -2.26. The molecule has 4 nitrogen and oxygen atoms in total. The van der Waals surface area contributed by atoms with Crippen molar-refractivity contribution in [2.24, 2.45) is 7.05 Å². The summed E-state index contributed by atoms with van der Waals surface area (Å²) in [4.78, 5) is 4.61. The van der Waals surface area contributed by atoms with E-state index < -0.39 is 0 Å². The maximum atomic E-state index is 4.61. The van der Waals surface area contributed by atoms with Crippen LogP contribution >= 0.6 is 0 Å². The summed E-state index contributed by atoms with van der Waals surface area (Å²) in [6.45, 7) is 2.02. The van der Waals surface area contributed by atoms with Crippen LogP contribution in [0.4, 0.5) is 5.82 Å². The zero-order chi connectivity index (χ0) is 11.1. The molecule has 1 fully saturated rings. The van der Waals surface area contributed by atoms with Gasteiger partial charge < -0.3 is 5.32 Å². The number of fused-ring (bicyclic) bond motifs is 1. The van der Waals surface area contributed by atoms with Crippen molar-refractivity contribution in [1.29, 1.82) is 0 Å². The molecular formula is C12H16N4. The number of pyridine rings is 1. The molecule has 2 heterocycles. The molecule has 2 aromatic heterocycles. The molecule has 0 spiro atoms. The Hall–Kier alpha value is -1.58. The van der Waals surface area contributed by atoms with Crippen LogP contribution in [-0.4, -0.2) is 20.8 Å². The van der Waals surface area contributed by atoms with E-state index in [2.05, 4.69) is 27.5 Å². The summed E-state index contributed by atoms with van der Waals surface area (Å²) in [5.74, 6) is 0.972. The smallest absolute Gasteiger partial charge is 0.160 e. The fourth-order valence-corrected chi connectivity index (χ4v) is 2.15. The number of nitrogens with zero attached hydrogens (tertiary/aromatic N) is 3. The summed E-state index contributed by atoms with van der Waals surface area (Å²) >= 11 is 0. The zero-order valence-electron chi connectivity index (χ0n) is 9.70. The largest absolute Gasteiger partial charge is 0.367 e. The number of anilines is 1. The van der Waals surface area contributed by atoms with Crippen LogP contribution < -0.4 is 5.32 Å². The maximum Gasteiger partial charge on any atom is 0.160 e. The Balaban J connectivity index is 1.97. The Labute approximate surface area is 94.7 Å². The number of aromatic nitrogens is 3. The third-order valence-electron chi connectivity index (χ3n) is 3.33. The van der Waals surface area contributed by atoms with Crippen LogP contribution in [0.1, 0.15) is 25.0 Å². The van der Waals surface area contributed by atoms with Crippen LogP contribution in [0.5, 0.6) is 0 Å². The minimum atomic E-state index is 0.624. The van der Waals surface area contributed by atoms with Gasteiger partial charge in [-0.15, -0.1) is 0 Å². The third kappa shape index (κ3) is 1.45. The normalized spacial score (nSPS) is 16.4. The van der Waals surface area contributed by atoms with Crippen molar-refractivity contribution >= 4 is 16.9 Å². The van der Waals surface area contributed by atoms with Gasteiger partial charge in [-0.05, 0) is 38.3 Å². The van der Waals surface area contributed by atoms with Gasteiger partial charge in [0.25, 0.3) is 0 Å². The first kappa shape index (κ1) is 9.63. The van der Waals surface area contributed by atoms with Gasteiger partial charge in [0.2, 0.25) is 0 Å². The number of hydrogen-bond acceptors (Lipinski definition) is 3.